The largest absolute Gasteiger partial charge is 0.381 e. The maximum atomic E-state index is 5.90. The molecule has 102 valence electrons. The Morgan fingerprint density at radius 1 is 1.58 bits per heavy atom. The van der Waals surface area contributed by atoms with Gasteiger partial charge in [0.2, 0.25) is 0 Å². The summed E-state index contributed by atoms with van der Waals surface area (Å²) in [7, 11) is 0. The van der Waals surface area contributed by atoms with Gasteiger partial charge in [-0.1, -0.05) is 0 Å². The van der Waals surface area contributed by atoms with Gasteiger partial charge in [0.1, 0.15) is 11.3 Å². The van der Waals surface area contributed by atoms with E-state index in [0.29, 0.717) is 17.8 Å². The van der Waals surface area contributed by atoms with Gasteiger partial charge in [0.15, 0.2) is 5.65 Å². The van der Waals surface area contributed by atoms with Gasteiger partial charge in [-0.15, -0.1) is 11.6 Å². The lowest BCUT2D eigenvalue weighted by atomic mass is 10.0. The lowest BCUT2D eigenvalue weighted by Gasteiger charge is -2.21. The molecule has 0 aliphatic carbocycles. The van der Waals surface area contributed by atoms with Crippen LogP contribution in [0.4, 0.5) is 0 Å². The van der Waals surface area contributed by atoms with Gasteiger partial charge in [-0.3, -0.25) is 0 Å². The van der Waals surface area contributed by atoms with E-state index >= 15 is 0 Å². The van der Waals surface area contributed by atoms with E-state index in [-0.39, 0.29) is 0 Å². The van der Waals surface area contributed by atoms with Crippen molar-refractivity contribution in [2.45, 2.75) is 25.8 Å². The summed E-state index contributed by atoms with van der Waals surface area (Å²) in [6.07, 6.45) is 3.70. The number of aromatic nitrogens is 3. The predicted molar refractivity (Wildman–Crippen MR) is 75.6 cm³/mol. The van der Waals surface area contributed by atoms with Crippen molar-refractivity contribution in [1.29, 1.82) is 0 Å². The van der Waals surface area contributed by atoms with Crippen molar-refractivity contribution in [1.82, 2.24) is 14.5 Å². The molecule has 2 unspecified atom stereocenters. The molecule has 2 aromatic rings. The molecule has 3 heterocycles. The molecule has 1 aliphatic heterocycles. The summed E-state index contributed by atoms with van der Waals surface area (Å²) in [6.45, 7) is 3.92. The zero-order valence-electron chi connectivity index (χ0n) is 11.1. The van der Waals surface area contributed by atoms with Gasteiger partial charge < -0.3 is 9.30 Å². The molecule has 2 aromatic heterocycles. The number of hydrogen-bond acceptors (Lipinski definition) is 3. The van der Waals surface area contributed by atoms with E-state index in [4.69, 9.17) is 16.3 Å². The first-order valence-electron chi connectivity index (χ1n) is 6.77. The van der Waals surface area contributed by atoms with E-state index in [0.717, 1.165) is 43.0 Å². The van der Waals surface area contributed by atoms with Crippen molar-refractivity contribution in [3.05, 3.63) is 24.2 Å². The third-order valence-corrected chi connectivity index (χ3v) is 4.08. The fourth-order valence-electron chi connectivity index (χ4n) is 2.81. The van der Waals surface area contributed by atoms with Gasteiger partial charge in [-0.2, -0.15) is 0 Å². The van der Waals surface area contributed by atoms with Crippen LogP contribution in [-0.4, -0.2) is 33.6 Å². The molecule has 1 saturated heterocycles. The zero-order chi connectivity index (χ0) is 13.2. The predicted octanol–water partition coefficient (Wildman–Crippen LogP) is 2.81. The number of imidazole rings is 1. The average molecular weight is 280 g/mol. The fraction of sp³-hybridized carbons (Fsp3) is 0.571. The summed E-state index contributed by atoms with van der Waals surface area (Å²) in [4.78, 5) is 9.16. The molecule has 5 heteroatoms. The smallest absolute Gasteiger partial charge is 0.160 e. The molecule has 4 nitrogen and oxygen atoms in total. The van der Waals surface area contributed by atoms with Crippen LogP contribution in [0.15, 0.2) is 18.3 Å². The summed E-state index contributed by atoms with van der Waals surface area (Å²) in [5.41, 5.74) is 1.91. The number of aryl methyl sites for hydroxylation is 1. The van der Waals surface area contributed by atoms with Crippen LogP contribution in [0.1, 0.15) is 25.2 Å². The molecule has 0 N–H and O–H groups in total. The minimum Gasteiger partial charge on any atom is -0.381 e. The van der Waals surface area contributed by atoms with Gasteiger partial charge in [-0.25, -0.2) is 9.97 Å². The number of ether oxygens (including phenoxy) is 1. The minimum absolute atomic E-state index is 0.348. The van der Waals surface area contributed by atoms with Crippen LogP contribution in [0.2, 0.25) is 0 Å². The van der Waals surface area contributed by atoms with Gasteiger partial charge in [0.25, 0.3) is 0 Å². The Hall–Kier alpha value is -1.13. The van der Waals surface area contributed by atoms with Crippen molar-refractivity contribution in [2.75, 3.05) is 19.1 Å². The first-order valence-corrected chi connectivity index (χ1v) is 7.30. The molecule has 0 aromatic carbocycles. The van der Waals surface area contributed by atoms with Crippen LogP contribution in [0.5, 0.6) is 0 Å². The maximum absolute atomic E-state index is 5.90. The summed E-state index contributed by atoms with van der Waals surface area (Å²) < 4.78 is 7.76. The topological polar surface area (TPSA) is 39.9 Å². The van der Waals surface area contributed by atoms with Crippen molar-refractivity contribution in [3.63, 3.8) is 0 Å². The highest BCUT2D eigenvalue weighted by molar-refractivity contribution is 6.17. The monoisotopic (exact) mass is 279 g/mol. The number of rotatable bonds is 4. The van der Waals surface area contributed by atoms with Crippen molar-refractivity contribution >= 4 is 22.8 Å². The molecule has 1 aliphatic rings. The van der Waals surface area contributed by atoms with Gasteiger partial charge >= 0.3 is 0 Å². The van der Waals surface area contributed by atoms with Crippen molar-refractivity contribution in [2.24, 2.45) is 5.92 Å². The quantitative estimate of drug-likeness (QED) is 0.808. The number of fused-ring (bicyclic) bond motifs is 1. The molecule has 0 spiro atoms. The summed E-state index contributed by atoms with van der Waals surface area (Å²) in [5, 5.41) is 0. The molecule has 2 atom stereocenters. The number of alkyl halides is 1. The van der Waals surface area contributed by atoms with E-state index < -0.39 is 0 Å². The summed E-state index contributed by atoms with van der Waals surface area (Å²) in [5.74, 6) is 2.15. The van der Waals surface area contributed by atoms with E-state index in [9.17, 15) is 0 Å². The van der Waals surface area contributed by atoms with Gasteiger partial charge in [-0.05, 0) is 25.5 Å². The lowest BCUT2D eigenvalue weighted by Crippen LogP contribution is -2.19. The second kappa shape index (κ2) is 5.47. The highest BCUT2D eigenvalue weighted by Gasteiger charge is 2.27. The number of hydrogen-bond donors (Lipinski definition) is 0. The van der Waals surface area contributed by atoms with Crippen LogP contribution in [0.3, 0.4) is 0 Å². The zero-order valence-corrected chi connectivity index (χ0v) is 11.8. The molecule has 0 bridgehead atoms. The van der Waals surface area contributed by atoms with Crippen LogP contribution in [-0.2, 0) is 11.2 Å². The Balaban J connectivity index is 2.05. The van der Waals surface area contributed by atoms with Crippen molar-refractivity contribution in [3.8, 4) is 0 Å². The molecule has 19 heavy (non-hydrogen) atoms. The average Bonchev–Trinajstić information content (AvgIpc) is 3.06. The third kappa shape index (κ3) is 2.35. The minimum atomic E-state index is 0.348. The SMILES string of the molecule is CC(C1CCOC1)n1c(CCCl)nc2cccnc21. The first-order chi connectivity index (χ1) is 9.31. The summed E-state index contributed by atoms with van der Waals surface area (Å²) >= 11 is 5.90. The van der Waals surface area contributed by atoms with Gasteiger partial charge in [0.05, 0.1) is 6.61 Å². The first kappa shape index (κ1) is 12.9. The van der Waals surface area contributed by atoms with Crippen molar-refractivity contribution < 1.29 is 4.74 Å². The second-order valence-corrected chi connectivity index (χ2v) is 5.43. The normalized spacial score (nSPS) is 21.1. The third-order valence-electron chi connectivity index (χ3n) is 3.89. The van der Waals surface area contributed by atoms with E-state index in [1.54, 1.807) is 0 Å². The Morgan fingerprint density at radius 3 is 3.21 bits per heavy atom. The molecular weight excluding hydrogens is 262 g/mol. The molecular formula is C14H18ClN3O. The Morgan fingerprint density at radius 2 is 2.47 bits per heavy atom. The summed E-state index contributed by atoms with van der Waals surface area (Å²) in [6, 6.07) is 4.28. The number of pyridine rings is 1. The highest BCUT2D eigenvalue weighted by atomic mass is 35.5. The van der Waals surface area contributed by atoms with E-state index in [1.165, 1.54) is 0 Å². The van der Waals surface area contributed by atoms with E-state index in [2.05, 4.69) is 21.5 Å². The number of nitrogens with zero attached hydrogens (tertiary/aromatic N) is 3. The second-order valence-electron chi connectivity index (χ2n) is 5.05. The number of halogens is 1. The van der Waals surface area contributed by atoms with Gasteiger partial charge in [0, 0.05) is 37.1 Å². The molecule has 0 radical (unpaired) electrons. The molecule has 0 amide bonds. The van der Waals surface area contributed by atoms with Crippen LogP contribution in [0, 0.1) is 5.92 Å². The van der Waals surface area contributed by atoms with Crippen LogP contribution < -0.4 is 0 Å². The molecule has 3 rings (SSSR count). The van der Waals surface area contributed by atoms with E-state index in [1.807, 2.05) is 18.3 Å². The standard InChI is InChI=1S/C14H18ClN3O/c1-10(11-5-8-19-9-11)18-13(4-6-15)17-12-3-2-7-16-14(12)18/h2-3,7,10-11H,4-6,8-9H2,1H3. The molecule has 0 saturated carbocycles. The highest BCUT2D eigenvalue weighted by Crippen LogP contribution is 2.30. The molecule has 1 fully saturated rings. The Labute approximate surface area is 117 Å². The Kier molecular flexibility index (Phi) is 3.71. The van der Waals surface area contributed by atoms with Crippen LogP contribution >= 0.6 is 11.6 Å². The maximum Gasteiger partial charge on any atom is 0.160 e. The Bertz CT molecular complexity index is 563. The lowest BCUT2D eigenvalue weighted by molar-refractivity contribution is 0.175. The fourth-order valence-corrected chi connectivity index (χ4v) is 2.98. The van der Waals surface area contributed by atoms with Crippen LogP contribution in [0.25, 0.3) is 11.2 Å².